The maximum absolute atomic E-state index is 12.6. The molecule has 6 nitrogen and oxygen atoms in total. The molecule has 3 amide bonds. The molecule has 2 aromatic carbocycles. The third-order valence-electron chi connectivity index (χ3n) is 4.50. The van der Waals surface area contributed by atoms with E-state index in [2.05, 4.69) is 31.4 Å². The molecule has 0 aliphatic carbocycles. The van der Waals surface area contributed by atoms with Crippen molar-refractivity contribution in [3.05, 3.63) is 59.2 Å². The highest BCUT2D eigenvalue weighted by Crippen LogP contribution is 2.27. The average Bonchev–Trinajstić information content (AvgIpc) is 2.93. The van der Waals surface area contributed by atoms with Crippen molar-refractivity contribution in [1.29, 1.82) is 0 Å². The molecule has 2 aromatic rings. The summed E-state index contributed by atoms with van der Waals surface area (Å²) in [5.41, 5.74) is 2.60. The van der Waals surface area contributed by atoms with Crippen molar-refractivity contribution in [2.24, 2.45) is 0 Å². The van der Waals surface area contributed by atoms with E-state index in [1.54, 1.807) is 12.1 Å². The molecule has 146 valence electrons. The van der Waals surface area contributed by atoms with Crippen LogP contribution in [0.4, 0.5) is 10.5 Å². The number of amides is 3. The molecule has 3 rings (SSSR count). The van der Waals surface area contributed by atoms with Crippen molar-refractivity contribution in [2.75, 3.05) is 5.32 Å². The minimum atomic E-state index is -0.530. The lowest BCUT2D eigenvalue weighted by atomic mass is 9.87. The summed E-state index contributed by atoms with van der Waals surface area (Å²) in [6.07, 6.45) is 0.295. The van der Waals surface area contributed by atoms with Crippen molar-refractivity contribution in [2.45, 2.75) is 37.9 Å². The van der Waals surface area contributed by atoms with Gasteiger partial charge < -0.3 is 10.4 Å². The average molecular weight is 398 g/mol. The highest BCUT2D eigenvalue weighted by atomic mass is 32.2. The van der Waals surface area contributed by atoms with Gasteiger partial charge in [0.15, 0.2) is 0 Å². The number of phenols is 1. The number of anilines is 1. The summed E-state index contributed by atoms with van der Waals surface area (Å²) in [5, 5.41) is 14.2. The SMILES string of the molecule is CC(C)(C)c1ccc(NC(=O)c2cc(CC3SC(=O)NC3=O)ccc2O)cc1. The van der Waals surface area contributed by atoms with Crippen LogP contribution in [0, 0.1) is 0 Å². The summed E-state index contributed by atoms with van der Waals surface area (Å²) in [7, 11) is 0. The molecule has 28 heavy (non-hydrogen) atoms. The predicted molar refractivity (Wildman–Crippen MR) is 110 cm³/mol. The Balaban J connectivity index is 1.74. The molecule has 0 spiro atoms. The molecule has 0 saturated carbocycles. The zero-order valence-corrected chi connectivity index (χ0v) is 16.7. The van der Waals surface area contributed by atoms with Crippen LogP contribution in [-0.2, 0) is 16.6 Å². The van der Waals surface area contributed by atoms with Gasteiger partial charge in [-0.25, -0.2) is 0 Å². The van der Waals surface area contributed by atoms with E-state index in [9.17, 15) is 19.5 Å². The zero-order valence-electron chi connectivity index (χ0n) is 15.9. The number of nitrogens with one attached hydrogen (secondary N) is 2. The highest BCUT2D eigenvalue weighted by Gasteiger charge is 2.31. The maximum Gasteiger partial charge on any atom is 0.286 e. The van der Waals surface area contributed by atoms with Crippen LogP contribution in [0.25, 0.3) is 0 Å². The predicted octanol–water partition coefficient (Wildman–Crippen LogP) is 3.84. The van der Waals surface area contributed by atoms with Crippen LogP contribution < -0.4 is 10.6 Å². The van der Waals surface area contributed by atoms with Gasteiger partial charge in [-0.05, 0) is 47.2 Å². The van der Waals surface area contributed by atoms with Crippen LogP contribution >= 0.6 is 11.8 Å². The van der Waals surface area contributed by atoms with Crippen molar-refractivity contribution >= 4 is 34.5 Å². The van der Waals surface area contributed by atoms with Crippen LogP contribution in [0.3, 0.4) is 0 Å². The third kappa shape index (κ3) is 4.54. The molecule has 1 unspecified atom stereocenters. The Bertz CT molecular complexity index is 932. The first-order valence-corrected chi connectivity index (χ1v) is 9.77. The molecule has 0 radical (unpaired) electrons. The number of imide groups is 1. The van der Waals surface area contributed by atoms with Gasteiger partial charge in [0.2, 0.25) is 5.91 Å². The highest BCUT2D eigenvalue weighted by molar-refractivity contribution is 8.15. The molecule has 1 saturated heterocycles. The first-order chi connectivity index (χ1) is 13.1. The van der Waals surface area contributed by atoms with Gasteiger partial charge in [-0.3, -0.25) is 19.7 Å². The summed E-state index contributed by atoms with van der Waals surface area (Å²) in [5.74, 6) is -0.928. The lowest BCUT2D eigenvalue weighted by Gasteiger charge is -2.19. The summed E-state index contributed by atoms with van der Waals surface area (Å²) in [6.45, 7) is 6.34. The monoisotopic (exact) mass is 398 g/mol. The number of benzene rings is 2. The second-order valence-electron chi connectivity index (χ2n) is 7.72. The fourth-order valence-electron chi connectivity index (χ4n) is 2.89. The van der Waals surface area contributed by atoms with Crippen LogP contribution in [0.2, 0.25) is 0 Å². The maximum atomic E-state index is 12.6. The second kappa shape index (κ2) is 7.67. The van der Waals surface area contributed by atoms with Gasteiger partial charge in [0.1, 0.15) is 5.75 Å². The normalized spacial score (nSPS) is 16.8. The van der Waals surface area contributed by atoms with Crippen molar-refractivity contribution in [1.82, 2.24) is 5.32 Å². The van der Waals surface area contributed by atoms with E-state index >= 15 is 0 Å². The van der Waals surface area contributed by atoms with Gasteiger partial charge in [0.25, 0.3) is 11.1 Å². The second-order valence-corrected chi connectivity index (χ2v) is 8.90. The minimum absolute atomic E-state index is 0.0149. The molecule has 1 heterocycles. The number of hydrogen-bond acceptors (Lipinski definition) is 5. The summed E-state index contributed by atoms with van der Waals surface area (Å²) in [4.78, 5) is 35.6. The quantitative estimate of drug-likeness (QED) is 0.727. The standard InChI is InChI=1S/C21H22N2O4S/c1-21(2,3)13-5-7-14(8-6-13)22-18(25)15-10-12(4-9-16(15)24)11-17-19(26)23-20(27)28-17/h4-10,17,24H,11H2,1-3H3,(H,22,25)(H,23,26,27). The van der Waals surface area contributed by atoms with Crippen LogP contribution in [0.1, 0.15) is 42.3 Å². The fraction of sp³-hybridized carbons (Fsp3) is 0.286. The first kappa shape index (κ1) is 19.9. The van der Waals surface area contributed by atoms with E-state index in [1.165, 1.54) is 6.07 Å². The summed E-state index contributed by atoms with van der Waals surface area (Å²) >= 11 is 0.930. The Kier molecular flexibility index (Phi) is 5.47. The molecular weight excluding hydrogens is 376 g/mol. The van der Waals surface area contributed by atoms with Crippen LogP contribution in [0.15, 0.2) is 42.5 Å². The molecule has 7 heteroatoms. The van der Waals surface area contributed by atoms with Gasteiger partial charge in [-0.1, -0.05) is 50.7 Å². The van der Waals surface area contributed by atoms with E-state index in [-0.39, 0.29) is 27.9 Å². The first-order valence-electron chi connectivity index (χ1n) is 8.89. The van der Waals surface area contributed by atoms with E-state index in [0.717, 1.165) is 17.3 Å². The fourth-order valence-corrected chi connectivity index (χ4v) is 3.75. The number of phenolic OH excluding ortho intramolecular Hbond substituents is 1. The lowest BCUT2D eigenvalue weighted by Crippen LogP contribution is -2.25. The third-order valence-corrected chi connectivity index (χ3v) is 5.48. The van der Waals surface area contributed by atoms with Gasteiger partial charge in [-0.15, -0.1) is 0 Å². The van der Waals surface area contributed by atoms with E-state index in [1.807, 2.05) is 24.3 Å². The summed E-state index contributed by atoms with van der Waals surface area (Å²) < 4.78 is 0. The van der Waals surface area contributed by atoms with Crippen molar-refractivity contribution in [3.8, 4) is 5.75 Å². The van der Waals surface area contributed by atoms with Gasteiger partial charge in [-0.2, -0.15) is 0 Å². The van der Waals surface area contributed by atoms with Gasteiger partial charge in [0.05, 0.1) is 10.8 Å². The molecule has 3 N–H and O–H groups in total. The van der Waals surface area contributed by atoms with Crippen LogP contribution in [-0.4, -0.2) is 27.4 Å². The Morgan fingerprint density at radius 3 is 2.39 bits per heavy atom. The molecule has 0 aromatic heterocycles. The van der Waals surface area contributed by atoms with E-state index in [4.69, 9.17) is 0 Å². The number of carbonyl (C=O) groups is 3. The lowest BCUT2D eigenvalue weighted by molar-refractivity contribution is -0.118. The number of rotatable bonds is 4. The topological polar surface area (TPSA) is 95.5 Å². The van der Waals surface area contributed by atoms with Gasteiger partial charge >= 0.3 is 0 Å². The Morgan fingerprint density at radius 1 is 1.14 bits per heavy atom. The summed E-state index contributed by atoms with van der Waals surface area (Å²) in [6, 6.07) is 12.2. The minimum Gasteiger partial charge on any atom is -0.507 e. The number of thioether (sulfide) groups is 1. The zero-order chi connectivity index (χ0) is 20.5. The van der Waals surface area contributed by atoms with Crippen LogP contribution in [0.5, 0.6) is 5.75 Å². The Labute approximate surface area is 167 Å². The van der Waals surface area contributed by atoms with Gasteiger partial charge in [0, 0.05) is 5.69 Å². The molecule has 1 atom stereocenters. The Morgan fingerprint density at radius 2 is 1.82 bits per heavy atom. The Hall–Kier alpha value is -2.80. The number of hydrogen-bond donors (Lipinski definition) is 3. The molecule has 1 fully saturated rings. The largest absolute Gasteiger partial charge is 0.507 e. The van der Waals surface area contributed by atoms with Crippen molar-refractivity contribution in [3.63, 3.8) is 0 Å². The number of aromatic hydroxyl groups is 1. The molecule has 1 aliphatic rings. The molecular formula is C21H22N2O4S. The van der Waals surface area contributed by atoms with E-state index in [0.29, 0.717) is 17.7 Å². The molecule has 0 bridgehead atoms. The smallest absolute Gasteiger partial charge is 0.286 e. The van der Waals surface area contributed by atoms with Crippen molar-refractivity contribution < 1.29 is 19.5 Å². The molecule has 1 aliphatic heterocycles. The van der Waals surface area contributed by atoms with E-state index < -0.39 is 11.2 Å². The number of carbonyl (C=O) groups excluding carboxylic acids is 3.